The average Bonchev–Trinajstić information content (AvgIpc) is 3.09. The van der Waals surface area contributed by atoms with E-state index in [0.717, 1.165) is 11.3 Å². The second-order valence-electron chi connectivity index (χ2n) is 5.13. The Kier molecular flexibility index (Phi) is 3.55. The molecule has 1 aromatic carbocycles. The lowest BCUT2D eigenvalue weighted by atomic mass is 10.1. The molecule has 0 spiro atoms. The van der Waals surface area contributed by atoms with Gasteiger partial charge >= 0.3 is 0 Å². The number of benzene rings is 1. The van der Waals surface area contributed by atoms with Crippen molar-refractivity contribution in [2.24, 2.45) is 0 Å². The monoisotopic (exact) mass is 305 g/mol. The van der Waals surface area contributed by atoms with E-state index in [1.807, 2.05) is 6.07 Å². The second kappa shape index (κ2) is 5.37. The first kappa shape index (κ1) is 13.9. The summed E-state index contributed by atoms with van der Waals surface area (Å²) in [7, 11) is -2.99. The highest BCUT2D eigenvalue weighted by atomic mass is 32.2. The fourth-order valence-corrected chi connectivity index (χ4v) is 4.08. The van der Waals surface area contributed by atoms with E-state index in [1.165, 1.54) is 0 Å². The van der Waals surface area contributed by atoms with Gasteiger partial charge in [-0.1, -0.05) is 12.1 Å². The first-order valence-electron chi connectivity index (χ1n) is 6.69. The molecule has 1 aliphatic rings. The minimum absolute atomic E-state index is 0.0310. The Labute approximate surface area is 122 Å². The topological polar surface area (TPSA) is 76.4 Å². The molecule has 21 heavy (non-hydrogen) atoms. The quantitative estimate of drug-likeness (QED) is 0.939. The van der Waals surface area contributed by atoms with E-state index in [4.69, 9.17) is 4.42 Å². The van der Waals surface area contributed by atoms with Crippen molar-refractivity contribution in [3.63, 3.8) is 0 Å². The molecule has 0 saturated carbocycles. The highest BCUT2D eigenvalue weighted by Gasteiger charge is 2.29. The summed E-state index contributed by atoms with van der Waals surface area (Å²) in [6.07, 6.45) is 2.08. The van der Waals surface area contributed by atoms with Crippen molar-refractivity contribution >= 4 is 15.7 Å². The van der Waals surface area contributed by atoms with E-state index < -0.39 is 9.84 Å². The van der Waals surface area contributed by atoms with E-state index in [9.17, 15) is 13.2 Å². The SMILES string of the molecule is O=C(N[C@@H]1CCS(=O)(=O)C1)c1ccc(-c2ccco2)cc1. The van der Waals surface area contributed by atoms with Crippen LogP contribution in [0.1, 0.15) is 16.8 Å². The van der Waals surface area contributed by atoms with Gasteiger partial charge < -0.3 is 9.73 Å². The lowest BCUT2D eigenvalue weighted by molar-refractivity contribution is 0.0941. The van der Waals surface area contributed by atoms with Crippen LogP contribution < -0.4 is 5.32 Å². The molecule has 6 heteroatoms. The van der Waals surface area contributed by atoms with Gasteiger partial charge in [-0.3, -0.25) is 4.79 Å². The van der Waals surface area contributed by atoms with E-state index in [-0.39, 0.29) is 23.5 Å². The molecule has 0 radical (unpaired) electrons. The summed E-state index contributed by atoms with van der Waals surface area (Å²) in [4.78, 5) is 12.1. The largest absolute Gasteiger partial charge is 0.464 e. The van der Waals surface area contributed by atoms with Crippen molar-refractivity contribution in [3.8, 4) is 11.3 Å². The molecule has 1 amide bonds. The summed E-state index contributed by atoms with van der Waals surface area (Å²) in [6, 6.07) is 10.4. The molecule has 3 rings (SSSR count). The van der Waals surface area contributed by atoms with Crippen LogP contribution in [-0.2, 0) is 9.84 Å². The lowest BCUT2D eigenvalue weighted by Crippen LogP contribution is -2.35. The molecule has 0 bridgehead atoms. The Balaban J connectivity index is 1.68. The normalized spacial score (nSPS) is 20.3. The number of furan rings is 1. The van der Waals surface area contributed by atoms with Crippen LogP contribution in [0.2, 0.25) is 0 Å². The standard InChI is InChI=1S/C15H15NO4S/c17-15(16-13-7-9-21(18,19)10-13)12-5-3-11(4-6-12)14-2-1-8-20-14/h1-6,8,13H,7,9-10H2,(H,16,17)/t13-/m1/s1. The first-order chi connectivity index (χ1) is 10.0. The molecule has 1 aliphatic heterocycles. The molecule has 0 unspecified atom stereocenters. The van der Waals surface area contributed by atoms with Gasteiger partial charge in [-0.15, -0.1) is 0 Å². The third-order valence-electron chi connectivity index (χ3n) is 3.52. The van der Waals surface area contributed by atoms with Crippen molar-refractivity contribution in [1.29, 1.82) is 0 Å². The van der Waals surface area contributed by atoms with Gasteiger partial charge in [0.2, 0.25) is 0 Å². The predicted molar refractivity (Wildman–Crippen MR) is 78.7 cm³/mol. The number of carbonyl (C=O) groups is 1. The third-order valence-corrected chi connectivity index (χ3v) is 5.29. The summed E-state index contributed by atoms with van der Waals surface area (Å²) in [5, 5.41) is 2.76. The molecule has 0 aliphatic carbocycles. The Bertz CT molecular complexity index is 732. The molecule has 2 heterocycles. The van der Waals surface area contributed by atoms with E-state index in [1.54, 1.807) is 36.6 Å². The van der Waals surface area contributed by atoms with Crippen molar-refractivity contribution in [1.82, 2.24) is 5.32 Å². The Morgan fingerprint density at radius 3 is 2.52 bits per heavy atom. The van der Waals surface area contributed by atoms with Crippen molar-refractivity contribution in [2.75, 3.05) is 11.5 Å². The van der Waals surface area contributed by atoms with Crippen LogP contribution in [0.5, 0.6) is 0 Å². The van der Waals surface area contributed by atoms with Crippen LogP contribution in [0.15, 0.2) is 47.1 Å². The van der Waals surface area contributed by atoms with Crippen molar-refractivity contribution < 1.29 is 17.6 Å². The minimum Gasteiger partial charge on any atom is -0.464 e. The number of rotatable bonds is 3. The van der Waals surface area contributed by atoms with Crippen LogP contribution in [0, 0.1) is 0 Å². The van der Waals surface area contributed by atoms with Gasteiger partial charge in [0.1, 0.15) is 5.76 Å². The van der Waals surface area contributed by atoms with Gasteiger partial charge in [-0.2, -0.15) is 0 Å². The Hall–Kier alpha value is -2.08. The molecule has 110 valence electrons. The molecule has 1 fully saturated rings. The molecule has 2 aromatic rings. The minimum atomic E-state index is -2.99. The van der Waals surface area contributed by atoms with E-state index in [2.05, 4.69) is 5.32 Å². The van der Waals surface area contributed by atoms with Crippen LogP contribution in [-0.4, -0.2) is 31.9 Å². The Morgan fingerprint density at radius 1 is 1.19 bits per heavy atom. The summed E-state index contributed by atoms with van der Waals surface area (Å²) < 4.78 is 28.0. The maximum atomic E-state index is 12.1. The molecule has 1 aromatic heterocycles. The van der Waals surface area contributed by atoms with Crippen molar-refractivity contribution in [3.05, 3.63) is 48.2 Å². The van der Waals surface area contributed by atoms with Crippen LogP contribution in [0.4, 0.5) is 0 Å². The lowest BCUT2D eigenvalue weighted by Gasteiger charge is -2.10. The number of nitrogens with one attached hydrogen (secondary N) is 1. The molecule has 1 N–H and O–H groups in total. The first-order valence-corrected chi connectivity index (χ1v) is 8.51. The summed E-state index contributed by atoms with van der Waals surface area (Å²) in [5.41, 5.74) is 1.40. The predicted octanol–water partition coefficient (Wildman–Crippen LogP) is 1.86. The van der Waals surface area contributed by atoms with Gasteiger partial charge in [0.25, 0.3) is 5.91 Å². The maximum Gasteiger partial charge on any atom is 0.251 e. The highest BCUT2D eigenvalue weighted by Crippen LogP contribution is 2.20. The maximum absolute atomic E-state index is 12.1. The average molecular weight is 305 g/mol. The fraction of sp³-hybridized carbons (Fsp3) is 0.267. The fourth-order valence-electron chi connectivity index (χ4n) is 2.41. The molecule has 5 nitrogen and oxygen atoms in total. The number of hydrogen-bond donors (Lipinski definition) is 1. The number of sulfone groups is 1. The van der Waals surface area contributed by atoms with Crippen molar-refractivity contribution in [2.45, 2.75) is 12.5 Å². The highest BCUT2D eigenvalue weighted by molar-refractivity contribution is 7.91. The molecule has 1 saturated heterocycles. The van der Waals surface area contributed by atoms with Crippen LogP contribution >= 0.6 is 0 Å². The zero-order chi connectivity index (χ0) is 14.9. The summed E-state index contributed by atoms with van der Waals surface area (Å²) in [5.74, 6) is 0.672. The molecular weight excluding hydrogens is 290 g/mol. The van der Waals surface area contributed by atoms with Gasteiger partial charge in [0.15, 0.2) is 9.84 Å². The zero-order valence-corrected chi connectivity index (χ0v) is 12.1. The van der Waals surface area contributed by atoms with Gasteiger partial charge in [0, 0.05) is 17.2 Å². The van der Waals surface area contributed by atoms with Gasteiger partial charge in [0.05, 0.1) is 17.8 Å². The molecular formula is C15H15NO4S. The summed E-state index contributed by atoms with van der Waals surface area (Å²) >= 11 is 0. The van der Waals surface area contributed by atoms with Crippen LogP contribution in [0.25, 0.3) is 11.3 Å². The summed E-state index contributed by atoms with van der Waals surface area (Å²) in [6.45, 7) is 0. The van der Waals surface area contributed by atoms with Gasteiger partial charge in [-0.25, -0.2) is 8.42 Å². The molecule has 1 atom stereocenters. The number of carbonyl (C=O) groups excluding carboxylic acids is 1. The second-order valence-corrected chi connectivity index (χ2v) is 7.36. The van der Waals surface area contributed by atoms with E-state index >= 15 is 0 Å². The Morgan fingerprint density at radius 2 is 1.95 bits per heavy atom. The van der Waals surface area contributed by atoms with Gasteiger partial charge in [-0.05, 0) is 30.7 Å². The number of amides is 1. The number of hydrogen-bond acceptors (Lipinski definition) is 4. The van der Waals surface area contributed by atoms with E-state index in [0.29, 0.717) is 12.0 Å². The zero-order valence-electron chi connectivity index (χ0n) is 11.3. The smallest absolute Gasteiger partial charge is 0.251 e. The third kappa shape index (κ3) is 3.16. The van der Waals surface area contributed by atoms with Crippen LogP contribution in [0.3, 0.4) is 0 Å².